The lowest BCUT2D eigenvalue weighted by molar-refractivity contribution is 0.476. The lowest BCUT2D eigenvalue weighted by Gasteiger charge is -1.92. The van der Waals surface area contributed by atoms with Gasteiger partial charge in [0, 0.05) is 0 Å². The quantitative estimate of drug-likeness (QED) is 0.664. The van der Waals surface area contributed by atoms with E-state index in [1.165, 1.54) is 12.1 Å². The third kappa shape index (κ3) is 0.868. The summed E-state index contributed by atoms with van der Waals surface area (Å²) in [5.74, 6) is -0.250. The zero-order valence-corrected chi connectivity index (χ0v) is 6.59. The Hall–Kier alpha value is -1.49. The molecule has 1 N–H and O–H groups in total. The molecule has 0 saturated carbocycles. The molecule has 0 saturated heterocycles. The van der Waals surface area contributed by atoms with Gasteiger partial charge in [-0.15, -0.1) is 5.73 Å². The van der Waals surface area contributed by atoms with Crippen LogP contribution in [0, 0.1) is 0 Å². The van der Waals surface area contributed by atoms with E-state index in [2.05, 4.69) is 0 Å². The first kappa shape index (κ1) is 7.17. The molecule has 12 heavy (non-hydrogen) atoms. The summed E-state index contributed by atoms with van der Waals surface area (Å²) in [7, 11) is 0. The third-order valence-electron chi connectivity index (χ3n) is 1.45. The highest BCUT2D eigenvalue weighted by atomic mass is 32.1. The maximum absolute atomic E-state index is 10.7. The molecule has 4 nitrogen and oxygen atoms in total. The van der Waals surface area contributed by atoms with Gasteiger partial charge in [0.1, 0.15) is 16.1 Å². The normalized spacial score (nSPS) is 10.7. The monoisotopic (exact) mass is 181 g/mol. The molecule has 2 aromatic rings. The van der Waals surface area contributed by atoms with Gasteiger partial charge >= 0.3 is 4.94 Å². The molecule has 0 amide bonds. The second-order valence-electron chi connectivity index (χ2n) is 2.21. The van der Waals surface area contributed by atoms with E-state index in [0.717, 1.165) is 11.3 Å². The minimum Gasteiger partial charge on any atom is -0.506 e. The van der Waals surface area contributed by atoms with Gasteiger partial charge in [-0.2, -0.15) is 0 Å². The molecule has 0 aliphatic rings. The second kappa shape index (κ2) is 2.25. The fourth-order valence-corrected chi connectivity index (χ4v) is 1.62. The molecule has 0 atom stereocenters. The van der Waals surface area contributed by atoms with Crippen molar-refractivity contribution in [2.24, 2.45) is 0 Å². The lowest BCUT2D eigenvalue weighted by Crippen LogP contribution is -1.79. The van der Waals surface area contributed by atoms with Gasteiger partial charge in [0.2, 0.25) is 0 Å². The van der Waals surface area contributed by atoms with Crippen LogP contribution < -0.4 is 10.7 Å². The Morgan fingerprint density at radius 1 is 1.50 bits per heavy atom. The summed E-state index contributed by atoms with van der Waals surface area (Å²) in [6.07, 6.45) is 0. The Bertz CT molecular complexity index is 485. The van der Waals surface area contributed by atoms with Gasteiger partial charge < -0.3 is 9.52 Å². The van der Waals surface area contributed by atoms with E-state index in [1.54, 1.807) is 0 Å². The molecule has 2 radical (unpaired) electrons. The molecule has 1 aromatic heterocycles. The highest BCUT2D eigenvalue weighted by Crippen LogP contribution is 2.32. The van der Waals surface area contributed by atoms with Crippen LogP contribution in [0.25, 0.3) is 10.3 Å². The van der Waals surface area contributed by atoms with Crippen molar-refractivity contribution in [3.8, 4) is 5.75 Å². The predicted octanol–water partition coefficient (Wildman–Crippen LogP) is 1.26. The summed E-state index contributed by atoms with van der Waals surface area (Å²) in [4.78, 5) is 10.2. The van der Waals surface area contributed by atoms with Gasteiger partial charge in [-0.25, -0.2) is 4.79 Å². The fourth-order valence-electron chi connectivity index (χ4n) is 0.915. The number of phenols is 1. The number of hydrogen-bond acceptors (Lipinski definition) is 4. The predicted molar refractivity (Wildman–Crippen MR) is 43.8 cm³/mol. The first-order chi connectivity index (χ1) is 5.68. The van der Waals surface area contributed by atoms with Gasteiger partial charge in [-0.05, 0) is 23.5 Å². The zero-order valence-electron chi connectivity index (χ0n) is 5.77. The van der Waals surface area contributed by atoms with Crippen molar-refractivity contribution in [1.82, 2.24) is 5.73 Å². The van der Waals surface area contributed by atoms with Gasteiger partial charge in [0.15, 0.2) is 5.58 Å². The molecule has 1 heterocycles. The summed E-state index contributed by atoms with van der Waals surface area (Å²) in [5, 5.41) is 9.04. The summed E-state index contributed by atoms with van der Waals surface area (Å²) < 4.78 is 4.97. The number of nitrogens with zero attached hydrogens (tertiary/aromatic N) is 1. The third-order valence-corrected chi connectivity index (χ3v) is 2.30. The van der Waals surface area contributed by atoms with Crippen LogP contribution in [0.5, 0.6) is 5.75 Å². The molecule has 0 aliphatic heterocycles. The van der Waals surface area contributed by atoms with E-state index < -0.39 is 4.94 Å². The fraction of sp³-hybridized carbons (Fsp3) is 0. The molecule has 0 unspecified atom stereocenters. The van der Waals surface area contributed by atoms with Gasteiger partial charge in [-0.3, -0.25) is 0 Å². The van der Waals surface area contributed by atoms with Crippen LogP contribution in [0.4, 0.5) is 5.69 Å². The molecule has 2 rings (SSSR count). The van der Waals surface area contributed by atoms with Gasteiger partial charge in [0.05, 0.1) is 0 Å². The number of hydrogen-bond donors (Lipinski definition) is 1. The Kier molecular flexibility index (Phi) is 1.34. The van der Waals surface area contributed by atoms with Crippen molar-refractivity contribution in [2.75, 3.05) is 0 Å². The van der Waals surface area contributed by atoms with Crippen LogP contribution in [0.3, 0.4) is 0 Å². The molecular formula is C7H3NO3S. The first-order valence-electron chi connectivity index (χ1n) is 3.13. The number of fused-ring (bicyclic) bond motifs is 1. The Morgan fingerprint density at radius 3 is 3.00 bits per heavy atom. The molecular weight excluding hydrogens is 178 g/mol. The largest absolute Gasteiger partial charge is 0.506 e. The van der Waals surface area contributed by atoms with Crippen molar-refractivity contribution < 1.29 is 9.52 Å². The number of phenolic OH excluding ortho intramolecular Hbond substituents is 1. The Balaban J connectivity index is 2.99. The molecule has 0 bridgehead atoms. The molecule has 1 aromatic carbocycles. The highest BCUT2D eigenvalue weighted by molar-refractivity contribution is 7.16. The van der Waals surface area contributed by atoms with Crippen LogP contribution in [-0.4, -0.2) is 5.11 Å². The molecule has 60 valence electrons. The van der Waals surface area contributed by atoms with Crippen LogP contribution in [-0.2, 0) is 0 Å². The number of rotatable bonds is 0. The van der Waals surface area contributed by atoms with Gasteiger partial charge in [-0.1, -0.05) is 0 Å². The van der Waals surface area contributed by atoms with E-state index >= 15 is 0 Å². The first-order valence-corrected chi connectivity index (χ1v) is 3.95. The van der Waals surface area contributed by atoms with Crippen molar-refractivity contribution in [1.29, 1.82) is 0 Å². The standard InChI is InChI=1S/C7H3NO3S/c8-5-3(9)1-2-4-6(5)12-7(10)11-4/h1-2,9H. The van der Waals surface area contributed by atoms with Crippen LogP contribution in [0.1, 0.15) is 0 Å². The number of benzene rings is 1. The summed E-state index contributed by atoms with van der Waals surface area (Å²) in [6, 6.07) is 2.70. The van der Waals surface area contributed by atoms with E-state index in [4.69, 9.17) is 9.52 Å². The van der Waals surface area contributed by atoms with Crippen molar-refractivity contribution in [3.63, 3.8) is 0 Å². The van der Waals surface area contributed by atoms with Crippen LogP contribution in [0.2, 0.25) is 0 Å². The van der Waals surface area contributed by atoms with Crippen LogP contribution in [0.15, 0.2) is 21.3 Å². The summed E-state index contributed by atoms with van der Waals surface area (Å²) >= 11 is 0.761. The van der Waals surface area contributed by atoms with Crippen molar-refractivity contribution in [3.05, 3.63) is 21.9 Å². The van der Waals surface area contributed by atoms with Gasteiger partial charge in [0.25, 0.3) is 0 Å². The average molecular weight is 181 g/mol. The Morgan fingerprint density at radius 2 is 2.25 bits per heavy atom. The van der Waals surface area contributed by atoms with Crippen molar-refractivity contribution in [2.45, 2.75) is 0 Å². The van der Waals surface area contributed by atoms with Crippen LogP contribution >= 0.6 is 11.3 Å². The van der Waals surface area contributed by atoms with E-state index in [9.17, 15) is 10.5 Å². The number of aromatic hydroxyl groups is 1. The Labute approximate surface area is 70.9 Å². The van der Waals surface area contributed by atoms with Crippen molar-refractivity contribution >= 4 is 27.3 Å². The lowest BCUT2D eigenvalue weighted by atomic mass is 10.3. The van der Waals surface area contributed by atoms with E-state index in [0.29, 0.717) is 5.58 Å². The maximum Gasteiger partial charge on any atom is 0.396 e. The molecule has 0 aliphatic carbocycles. The zero-order chi connectivity index (χ0) is 8.72. The second-order valence-corrected chi connectivity index (χ2v) is 3.16. The molecule has 0 fully saturated rings. The average Bonchev–Trinajstić information content (AvgIpc) is 2.39. The molecule has 5 heteroatoms. The minimum atomic E-state index is -0.495. The highest BCUT2D eigenvalue weighted by Gasteiger charge is 2.09. The minimum absolute atomic E-state index is 0.250. The van der Waals surface area contributed by atoms with E-state index in [-0.39, 0.29) is 16.1 Å². The summed E-state index contributed by atoms with van der Waals surface area (Å²) in [5.41, 5.74) is 9.22. The SMILES string of the molecule is [N]c1c(O)ccc2oc(=O)sc12. The topological polar surface area (TPSA) is 72.7 Å². The molecule has 0 spiro atoms. The maximum atomic E-state index is 10.7. The van der Waals surface area contributed by atoms with E-state index in [1.807, 2.05) is 0 Å². The summed E-state index contributed by atoms with van der Waals surface area (Å²) in [6.45, 7) is 0. The smallest absolute Gasteiger partial charge is 0.396 e.